The van der Waals surface area contributed by atoms with Crippen LogP contribution in [0.25, 0.3) is 5.76 Å². The van der Waals surface area contributed by atoms with Gasteiger partial charge in [-0.3, -0.25) is 33.7 Å². The Morgan fingerprint density at radius 3 is 2.28 bits per heavy atom. The molecule has 1 aromatic carbocycles. The van der Waals surface area contributed by atoms with Gasteiger partial charge in [0.25, 0.3) is 5.91 Å². The first-order valence-corrected chi connectivity index (χ1v) is 22.2. The molecule has 0 radical (unpaired) electrons. The van der Waals surface area contributed by atoms with Crippen LogP contribution in [0.4, 0.5) is 0 Å². The van der Waals surface area contributed by atoms with Crippen LogP contribution in [0.15, 0.2) is 46.8 Å². The molecular formula is C46H56N2O12S. The molecule has 0 unspecified atom stereocenters. The number of aliphatic hydroxyl groups excluding tert-OH is 3. The van der Waals surface area contributed by atoms with E-state index in [9.17, 15) is 54.3 Å². The summed E-state index contributed by atoms with van der Waals surface area (Å²) < 4.78 is 6.06. The first-order valence-electron chi connectivity index (χ1n) is 21.3. The number of hydrogen-bond acceptors (Lipinski definition) is 14. The number of hydrogen-bond donors (Lipinski definition) is 6. The Morgan fingerprint density at radius 2 is 1.66 bits per heavy atom. The highest BCUT2D eigenvalue weighted by molar-refractivity contribution is 8.14. The lowest BCUT2D eigenvalue weighted by Crippen LogP contribution is -2.70. The lowest BCUT2D eigenvalue weighted by atomic mass is 9.46. The normalized spacial score (nSPS) is 41.1. The van der Waals surface area contributed by atoms with Crippen LogP contribution in [0.5, 0.6) is 5.75 Å². The molecule has 8 aliphatic rings. The lowest BCUT2D eigenvalue weighted by molar-refractivity contribution is -0.169. The number of benzene rings is 1. The number of phenols is 1. The molecule has 15 heteroatoms. The Balaban J connectivity index is 0.000000169. The number of carbonyl (C=O) groups is 6. The molecule has 7 aliphatic carbocycles. The SMILES string of the molecule is CC(=O)S[C@@H]1CC2=CC(=O)CC[C@]2(C)[C@H]2CC[C@@]3(C)[C@@H](CC[C@@]34CCC(=O)O4)[C@H]12.C[C@H]1c2cccc(O)c2C(O)=C2C(=O)[C@]3(O)C(O)=C(C(N)=O)C(=O)[C@@H](N(C)C)[C@@H]3[C@@H](O)[C@@H]21. The first kappa shape index (κ1) is 43.3. The van der Waals surface area contributed by atoms with Gasteiger partial charge in [0.1, 0.15) is 28.4 Å². The minimum absolute atomic E-state index is 0.0119. The molecule has 1 heterocycles. The van der Waals surface area contributed by atoms with E-state index >= 15 is 0 Å². The zero-order chi connectivity index (χ0) is 44.5. The maximum Gasteiger partial charge on any atom is 0.306 e. The molecule has 4 saturated carbocycles. The van der Waals surface area contributed by atoms with Crippen LogP contribution in [0.2, 0.25) is 0 Å². The molecule has 5 fully saturated rings. The number of ether oxygens (including phenoxy) is 1. The molecule has 0 bridgehead atoms. The third-order valence-corrected chi connectivity index (χ3v) is 17.7. The average molecular weight is 861 g/mol. The van der Waals surface area contributed by atoms with E-state index < -0.39 is 75.6 Å². The van der Waals surface area contributed by atoms with Crippen molar-refractivity contribution in [3.05, 3.63) is 57.9 Å². The summed E-state index contributed by atoms with van der Waals surface area (Å²) in [7, 11) is 2.92. The maximum absolute atomic E-state index is 13.7. The van der Waals surface area contributed by atoms with Crippen molar-refractivity contribution < 1.29 is 59.0 Å². The summed E-state index contributed by atoms with van der Waals surface area (Å²) in [5.74, 6) is -7.19. The number of Topliss-reactive ketones (excluding diaryl/α,β-unsaturated/α-hetero) is 2. The summed E-state index contributed by atoms with van der Waals surface area (Å²) in [5.41, 5.74) is 2.56. The largest absolute Gasteiger partial charge is 0.508 e. The Labute approximate surface area is 358 Å². The second kappa shape index (κ2) is 14.6. The Kier molecular flexibility index (Phi) is 10.4. The van der Waals surface area contributed by atoms with E-state index in [1.807, 2.05) is 6.08 Å². The minimum Gasteiger partial charge on any atom is -0.508 e. The zero-order valence-electron chi connectivity index (χ0n) is 35.4. The van der Waals surface area contributed by atoms with Crippen molar-refractivity contribution in [2.75, 3.05) is 14.1 Å². The van der Waals surface area contributed by atoms with Crippen LogP contribution in [0.3, 0.4) is 0 Å². The number of likely N-dealkylation sites (N-methyl/N-ethyl adjacent to an activating group) is 1. The van der Waals surface area contributed by atoms with Crippen LogP contribution in [0, 0.1) is 40.4 Å². The molecule has 0 aromatic heterocycles. The quantitative estimate of drug-likeness (QED) is 0.183. The molecule has 1 saturated heterocycles. The fourth-order valence-corrected chi connectivity index (χ4v) is 14.9. The minimum atomic E-state index is -2.89. The van der Waals surface area contributed by atoms with Gasteiger partial charge in [-0.15, -0.1) is 0 Å². The zero-order valence-corrected chi connectivity index (χ0v) is 36.2. The van der Waals surface area contributed by atoms with Gasteiger partial charge in [-0.05, 0) is 106 Å². The number of carbonyl (C=O) groups excluding carboxylic acids is 6. The van der Waals surface area contributed by atoms with E-state index in [-0.39, 0.29) is 49.9 Å². The maximum atomic E-state index is 13.7. The predicted molar refractivity (Wildman–Crippen MR) is 223 cm³/mol. The topological polar surface area (TPSA) is 242 Å². The van der Waals surface area contributed by atoms with Gasteiger partial charge in [-0.1, -0.05) is 50.2 Å². The number of ketones is 3. The Morgan fingerprint density at radius 1 is 0.967 bits per heavy atom. The van der Waals surface area contributed by atoms with Crippen molar-refractivity contribution in [1.29, 1.82) is 0 Å². The second-order valence-electron chi connectivity index (χ2n) is 19.4. The number of aromatic hydroxyl groups is 1. The second-order valence-corrected chi connectivity index (χ2v) is 20.9. The molecule has 13 atom stereocenters. The van der Waals surface area contributed by atoms with Crippen LogP contribution in [0.1, 0.15) is 103 Å². The average Bonchev–Trinajstić information content (AvgIpc) is 3.71. The number of phenolic OH excluding ortho intramolecular Hbond substituents is 1. The number of primary amides is 1. The summed E-state index contributed by atoms with van der Waals surface area (Å²) in [6.45, 7) is 8.09. The number of allylic oxidation sites excluding steroid dienone is 1. The highest BCUT2D eigenvalue weighted by Gasteiger charge is 2.70. The van der Waals surface area contributed by atoms with Crippen molar-refractivity contribution in [3.63, 3.8) is 0 Å². The van der Waals surface area contributed by atoms with Gasteiger partial charge in [0, 0.05) is 41.9 Å². The number of esters is 1. The summed E-state index contributed by atoms with van der Waals surface area (Å²) >= 11 is 1.50. The highest BCUT2D eigenvalue weighted by atomic mass is 32.2. The van der Waals surface area contributed by atoms with Crippen molar-refractivity contribution in [2.24, 2.45) is 46.2 Å². The van der Waals surface area contributed by atoms with Crippen LogP contribution < -0.4 is 5.73 Å². The van der Waals surface area contributed by atoms with E-state index in [0.717, 1.165) is 44.9 Å². The van der Waals surface area contributed by atoms with E-state index in [1.165, 1.54) is 42.4 Å². The number of amides is 1. The monoisotopic (exact) mass is 860 g/mol. The van der Waals surface area contributed by atoms with E-state index in [4.69, 9.17) is 10.5 Å². The van der Waals surface area contributed by atoms with Crippen LogP contribution >= 0.6 is 11.8 Å². The van der Waals surface area contributed by atoms with Crippen LogP contribution in [-0.4, -0.2) is 107 Å². The first-order chi connectivity index (χ1) is 28.6. The fourth-order valence-electron chi connectivity index (χ4n) is 13.7. The molecule has 7 N–H and O–H groups in total. The molecule has 1 aromatic rings. The van der Waals surface area contributed by atoms with Gasteiger partial charge < -0.3 is 36.0 Å². The van der Waals surface area contributed by atoms with Gasteiger partial charge in [0.2, 0.25) is 5.78 Å². The van der Waals surface area contributed by atoms with Gasteiger partial charge in [0.05, 0.1) is 23.6 Å². The van der Waals surface area contributed by atoms with Crippen molar-refractivity contribution >= 4 is 51.9 Å². The number of aliphatic hydroxyl groups is 4. The lowest BCUT2D eigenvalue weighted by Gasteiger charge is -2.61. The molecule has 1 amide bonds. The predicted octanol–water partition coefficient (Wildman–Crippen LogP) is 4.35. The van der Waals surface area contributed by atoms with Gasteiger partial charge in [-0.2, -0.15) is 0 Å². The number of nitrogens with two attached hydrogens (primary N) is 1. The fraction of sp³-hybridized carbons (Fsp3) is 0.609. The molecule has 61 heavy (non-hydrogen) atoms. The smallest absolute Gasteiger partial charge is 0.306 e. The number of nitrogens with zero attached hydrogens (tertiary/aromatic N) is 1. The van der Waals surface area contributed by atoms with E-state index in [0.29, 0.717) is 36.2 Å². The third kappa shape index (κ3) is 5.99. The highest BCUT2D eigenvalue weighted by Crippen LogP contribution is 2.71. The summed E-state index contributed by atoms with van der Waals surface area (Å²) in [4.78, 5) is 76.4. The third-order valence-electron chi connectivity index (χ3n) is 16.6. The van der Waals surface area contributed by atoms with Crippen molar-refractivity contribution in [3.8, 4) is 5.75 Å². The standard InChI is InChI=1S/C24H32O4S.C22H24N2O8/c1-14(25)29-19-13-15-12-16(26)4-8-22(15,2)17-5-9-23(3)18(21(17)19)6-10-24(23)11-7-20(27)28-24;1-7-8-5-4-6-9(25)11(8)16(26)12-10(7)17(27)14-15(24(2)3)18(28)13(21(23)31)20(30)22(14,32)19(12)29/h12,17-19,21H,4-11,13H2,1-3H3;4-7,10,14-15,17,25-27,30,32H,1-3H3,(H2,23,31)/t17-,18-,19+,21+,22-,23-,24+;7-,10+,14+,15-,17-,22-/m00/s1. The molecular weight excluding hydrogens is 805 g/mol. The summed E-state index contributed by atoms with van der Waals surface area (Å²) in [5, 5.41) is 55.3. The number of fused-ring (bicyclic) bond motifs is 9. The number of rotatable bonds is 3. The van der Waals surface area contributed by atoms with E-state index in [1.54, 1.807) is 26.0 Å². The van der Waals surface area contributed by atoms with Gasteiger partial charge in [0.15, 0.2) is 22.3 Å². The summed E-state index contributed by atoms with van der Waals surface area (Å²) in [6.07, 6.45) is 8.43. The van der Waals surface area contributed by atoms with Crippen LogP contribution in [-0.2, 0) is 33.5 Å². The Hall–Kier alpha value is -4.31. The molecule has 9 rings (SSSR count). The Bertz CT molecular complexity index is 2270. The molecule has 1 aliphatic heterocycles. The summed E-state index contributed by atoms with van der Waals surface area (Å²) in [6, 6.07) is 3.13. The van der Waals surface area contributed by atoms with Crippen molar-refractivity contribution in [2.45, 2.75) is 120 Å². The molecule has 328 valence electrons. The van der Waals surface area contributed by atoms with Gasteiger partial charge >= 0.3 is 5.97 Å². The van der Waals surface area contributed by atoms with Crippen molar-refractivity contribution in [1.82, 2.24) is 4.90 Å². The molecule has 1 spiro atoms. The van der Waals surface area contributed by atoms with E-state index in [2.05, 4.69) is 13.8 Å². The molecule has 14 nitrogen and oxygen atoms in total. The number of thioether (sulfide) groups is 1. The van der Waals surface area contributed by atoms with Gasteiger partial charge in [-0.25, -0.2) is 0 Å².